The Bertz CT molecular complexity index is 1540. The van der Waals surface area contributed by atoms with E-state index in [1.165, 1.54) is 12.5 Å². The van der Waals surface area contributed by atoms with Gasteiger partial charge >= 0.3 is 5.97 Å². The van der Waals surface area contributed by atoms with Gasteiger partial charge in [-0.05, 0) is 37.3 Å². The summed E-state index contributed by atoms with van der Waals surface area (Å²) in [5.41, 5.74) is 29.5. The van der Waals surface area contributed by atoms with E-state index in [-0.39, 0.29) is 50.7 Å². The van der Waals surface area contributed by atoms with Gasteiger partial charge in [0.05, 0.1) is 12.4 Å². The summed E-state index contributed by atoms with van der Waals surface area (Å²) >= 11 is 0. The number of rotatable bonds is 19. The van der Waals surface area contributed by atoms with Crippen LogP contribution in [0.2, 0.25) is 0 Å². The lowest BCUT2D eigenvalue weighted by molar-refractivity contribution is -0.142. The van der Waals surface area contributed by atoms with E-state index >= 15 is 0 Å². The predicted octanol–water partition coefficient (Wildman–Crippen LogP) is -2.35. The topological polar surface area (TPSA) is 324 Å². The first kappa shape index (κ1) is 35.8. The monoisotopic (exact) mass is 653 g/mol. The van der Waals surface area contributed by atoms with Crippen molar-refractivity contribution in [2.45, 2.75) is 62.7 Å². The third-order valence-corrected chi connectivity index (χ3v) is 7.21. The predicted molar refractivity (Wildman–Crippen MR) is 176 cm³/mol. The number of benzene rings is 1. The first-order valence-corrected chi connectivity index (χ1v) is 15.0. The summed E-state index contributed by atoms with van der Waals surface area (Å²) in [6.45, 7) is 0.451. The van der Waals surface area contributed by atoms with E-state index < -0.39 is 47.9 Å². The molecule has 2 aromatic heterocycles. The summed E-state index contributed by atoms with van der Waals surface area (Å²) < 4.78 is 0. The first-order valence-electron chi connectivity index (χ1n) is 15.0. The number of guanidine groups is 2. The number of aromatic nitrogens is 3. The molecule has 0 bridgehead atoms. The average molecular weight is 654 g/mol. The average Bonchev–Trinajstić information content (AvgIpc) is 3.69. The summed E-state index contributed by atoms with van der Waals surface area (Å²) in [4.78, 5) is 70.1. The molecule has 0 aliphatic rings. The number of carboxylic acids is 1. The van der Waals surface area contributed by atoms with Crippen LogP contribution in [0.1, 0.15) is 36.9 Å². The molecule has 0 saturated heterocycles. The molecule has 254 valence electrons. The molecule has 18 nitrogen and oxygen atoms in total. The number of aliphatic carboxylic acids is 1. The number of nitrogens with one attached hydrogen (secondary N) is 5. The Labute approximate surface area is 270 Å². The highest BCUT2D eigenvalue weighted by molar-refractivity contribution is 5.94. The number of para-hydroxylation sites is 1. The fraction of sp³-hybridized carbons (Fsp3) is 0.414. The van der Waals surface area contributed by atoms with Crippen molar-refractivity contribution in [3.63, 3.8) is 0 Å². The highest BCUT2D eigenvalue weighted by Gasteiger charge is 2.31. The third-order valence-electron chi connectivity index (χ3n) is 7.21. The van der Waals surface area contributed by atoms with Crippen molar-refractivity contribution in [2.24, 2.45) is 38.7 Å². The van der Waals surface area contributed by atoms with Crippen molar-refractivity contribution >= 4 is 46.5 Å². The fourth-order valence-corrected chi connectivity index (χ4v) is 4.79. The summed E-state index contributed by atoms with van der Waals surface area (Å²) in [5, 5.41) is 18.7. The van der Waals surface area contributed by atoms with Gasteiger partial charge in [0, 0.05) is 54.9 Å². The maximum Gasteiger partial charge on any atom is 0.326 e. The lowest BCUT2D eigenvalue weighted by atomic mass is 10.0. The molecule has 0 spiro atoms. The van der Waals surface area contributed by atoms with E-state index in [0.29, 0.717) is 24.1 Å². The number of aromatic amines is 2. The number of carbonyl (C=O) groups excluding carboxylic acids is 3. The maximum atomic E-state index is 13.6. The lowest BCUT2D eigenvalue weighted by Crippen LogP contribution is -2.57. The van der Waals surface area contributed by atoms with Crippen LogP contribution >= 0.6 is 0 Å². The van der Waals surface area contributed by atoms with E-state index in [2.05, 4.69) is 40.9 Å². The molecule has 1 aromatic carbocycles. The maximum absolute atomic E-state index is 13.6. The number of aliphatic imine (C=N–C) groups is 2. The number of H-pyrrole nitrogens is 2. The molecule has 47 heavy (non-hydrogen) atoms. The van der Waals surface area contributed by atoms with Gasteiger partial charge in [-0.15, -0.1) is 0 Å². The largest absolute Gasteiger partial charge is 0.480 e. The van der Waals surface area contributed by atoms with Crippen molar-refractivity contribution in [1.82, 2.24) is 30.9 Å². The van der Waals surface area contributed by atoms with Crippen LogP contribution < -0.4 is 44.6 Å². The van der Waals surface area contributed by atoms with Crippen LogP contribution in [-0.4, -0.2) is 92.9 Å². The lowest BCUT2D eigenvalue weighted by Gasteiger charge is -2.25. The van der Waals surface area contributed by atoms with E-state index in [1.807, 2.05) is 24.3 Å². The van der Waals surface area contributed by atoms with Crippen LogP contribution in [0.4, 0.5) is 0 Å². The Morgan fingerprint density at radius 2 is 1.43 bits per heavy atom. The Balaban J connectivity index is 1.76. The van der Waals surface area contributed by atoms with Crippen molar-refractivity contribution in [3.05, 3.63) is 54.2 Å². The minimum Gasteiger partial charge on any atom is -0.480 e. The molecule has 0 radical (unpaired) electrons. The SMILES string of the molecule is NC(N)=NCCCC(N)C(=O)NC(CCCN=C(N)N)C(=O)NC(Cc1cnc[nH]1)C(=O)NC(Cc1c[nH]c2ccccc12)C(=O)O. The van der Waals surface area contributed by atoms with Gasteiger partial charge in [0.1, 0.15) is 18.1 Å². The van der Waals surface area contributed by atoms with Crippen LogP contribution in [0.5, 0.6) is 0 Å². The van der Waals surface area contributed by atoms with Crippen LogP contribution in [-0.2, 0) is 32.0 Å². The van der Waals surface area contributed by atoms with Crippen LogP contribution in [0.25, 0.3) is 10.9 Å². The highest BCUT2D eigenvalue weighted by atomic mass is 16.4. The second-order valence-corrected chi connectivity index (χ2v) is 10.9. The van der Waals surface area contributed by atoms with Crippen LogP contribution in [0.3, 0.4) is 0 Å². The van der Waals surface area contributed by atoms with Gasteiger partial charge in [-0.2, -0.15) is 0 Å². The molecule has 16 N–H and O–H groups in total. The smallest absolute Gasteiger partial charge is 0.326 e. The van der Waals surface area contributed by atoms with Gasteiger partial charge in [0.25, 0.3) is 0 Å². The van der Waals surface area contributed by atoms with Crippen molar-refractivity contribution in [2.75, 3.05) is 13.1 Å². The van der Waals surface area contributed by atoms with Crippen molar-refractivity contribution < 1.29 is 24.3 Å². The molecule has 3 aromatic rings. The molecule has 18 heteroatoms. The number of carboxylic acid groups (broad SMARTS) is 1. The molecule has 0 aliphatic heterocycles. The van der Waals surface area contributed by atoms with Crippen LogP contribution in [0, 0.1) is 0 Å². The second-order valence-electron chi connectivity index (χ2n) is 10.9. The van der Waals surface area contributed by atoms with Crippen LogP contribution in [0.15, 0.2) is 53.0 Å². The summed E-state index contributed by atoms with van der Waals surface area (Å²) in [6, 6.07) is 2.74. The summed E-state index contributed by atoms with van der Waals surface area (Å²) in [6.07, 6.45) is 5.58. The van der Waals surface area contributed by atoms with Gasteiger partial charge in [0.15, 0.2) is 11.9 Å². The third kappa shape index (κ3) is 11.7. The number of imidazole rings is 1. The van der Waals surface area contributed by atoms with Gasteiger partial charge in [-0.1, -0.05) is 18.2 Å². The van der Waals surface area contributed by atoms with E-state index in [4.69, 9.17) is 28.7 Å². The number of hydrogen-bond acceptors (Lipinski definition) is 8. The van der Waals surface area contributed by atoms with E-state index in [9.17, 15) is 24.3 Å². The standard InChI is InChI=1S/C29H43N13O5/c30-19(6-3-9-36-28(31)32)24(43)40-21(8-4-10-37-29(33)34)25(44)41-22(12-17-14-35-15-39-17)26(45)42-23(27(46)47)11-16-13-38-20-7-2-1-5-18(16)20/h1-2,5,7,13-15,19,21-23,38H,3-4,6,8-12,30H2,(H,35,39)(H,40,43)(H,41,44)(H,42,45)(H,46,47)(H4,31,32,36)(H4,33,34,37). The molecule has 4 atom stereocenters. The zero-order chi connectivity index (χ0) is 34.3. The molecular weight excluding hydrogens is 610 g/mol. The van der Waals surface area contributed by atoms with Gasteiger partial charge in [-0.3, -0.25) is 24.4 Å². The van der Waals surface area contributed by atoms with E-state index in [0.717, 1.165) is 10.9 Å². The quantitative estimate of drug-likeness (QED) is 0.0369. The van der Waals surface area contributed by atoms with Crippen molar-refractivity contribution in [3.8, 4) is 0 Å². The van der Waals surface area contributed by atoms with Crippen molar-refractivity contribution in [1.29, 1.82) is 0 Å². The zero-order valence-electron chi connectivity index (χ0n) is 25.8. The summed E-state index contributed by atoms with van der Waals surface area (Å²) in [7, 11) is 0. The number of nitrogens with zero attached hydrogens (tertiary/aromatic N) is 3. The molecule has 0 fully saturated rings. The Kier molecular flexibility index (Phi) is 13.5. The fourth-order valence-electron chi connectivity index (χ4n) is 4.79. The van der Waals surface area contributed by atoms with Gasteiger partial charge < -0.3 is 59.7 Å². The number of hydrogen-bond donors (Lipinski definition) is 11. The van der Waals surface area contributed by atoms with Gasteiger partial charge in [-0.25, -0.2) is 9.78 Å². The number of amides is 3. The second kappa shape index (κ2) is 17.7. The molecule has 0 saturated carbocycles. The number of carbonyl (C=O) groups is 4. The Morgan fingerprint density at radius 3 is 2.06 bits per heavy atom. The first-order chi connectivity index (χ1) is 22.4. The Hall–Kier alpha value is -5.65. The minimum absolute atomic E-state index is 0.0135. The van der Waals surface area contributed by atoms with Gasteiger partial charge in [0.2, 0.25) is 17.7 Å². The molecule has 4 unspecified atom stereocenters. The summed E-state index contributed by atoms with van der Waals surface area (Å²) in [5.74, 6) is -3.51. The minimum atomic E-state index is -1.31. The molecule has 3 amide bonds. The molecular formula is C29H43N13O5. The number of nitrogens with two attached hydrogens (primary N) is 5. The Morgan fingerprint density at radius 1 is 0.809 bits per heavy atom. The zero-order valence-corrected chi connectivity index (χ0v) is 25.8. The number of fused-ring (bicyclic) bond motifs is 1. The molecule has 0 aliphatic carbocycles. The highest BCUT2D eigenvalue weighted by Crippen LogP contribution is 2.19. The van der Waals surface area contributed by atoms with E-state index in [1.54, 1.807) is 6.20 Å². The molecule has 2 heterocycles. The molecule has 3 rings (SSSR count). The normalized spacial score (nSPS) is 13.5.